The van der Waals surface area contributed by atoms with E-state index in [1.807, 2.05) is 6.07 Å². The van der Waals surface area contributed by atoms with Crippen molar-refractivity contribution in [3.05, 3.63) is 41.7 Å². The Morgan fingerprint density at radius 1 is 1.21 bits per heavy atom. The molecule has 2 aromatic rings. The number of hydrogen-bond donors (Lipinski definition) is 2. The van der Waals surface area contributed by atoms with E-state index in [0.29, 0.717) is 11.7 Å². The number of β-amino-alcohol motifs (C(OH)–C–C–N with tert-alkyl or cyclic N) is 1. The topological polar surface area (TPSA) is 91.6 Å². The summed E-state index contributed by atoms with van der Waals surface area (Å²) in [4.78, 5) is 5.19. The Hall–Kier alpha value is -2.46. The zero-order valence-electron chi connectivity index (χ0n) is 16.0. The number of ether oxygens (including phenoxy) is 1. The Morgan fingerprint density at radius 2 is 1.97 bits per heavy atom. The minimum atomic E-state index is -4.61. The summed E-state index contributed by atoms with van der Waals surface area (Å²) in [5.41, 5.74) is -0.166. The maximum absolute atomic E-state index is 12.9. The maximum Gasteiger partial charge on any atom is 0.433 e. The molecule has 7 nitrogen and oxygen atoms in total. The summed E-state index contributed by atoms with van der Waals surface area (Å²) in [6, 6.07) is 5.13. The Balaban J connectivity index is 1.82. The van der Waals surface area contributed by atoms with Gasteiger partial charge in [-0.1, -0.05) is 19.9 Å². The van der Waals surface area contributed by atoms with Gasteiger partial charge in [0.15, 0.2) is 5.82 Å². The lowest BCUT2D eigenvalue weighted by Crippen LogP contribution is -2.58. The molecule has 0 saturated carbocycles. The van der Waals surface area contributed by atoms with Gasteiger partial charge in [0.05, 0.1) is 12.7 Å². The van der Waals surface area contributed by atoms with Crippen LogP contribution >= 0.6 is 0 Å². The summed E-state index contributed by atoms with van der Waals surface area (Å²) in [5, 5.41) is 28.7. The summed E-state index contributed by atoms with van der Waals surface area (Å²) in [5.74, 6) is 0.636. The number of alkyl halides is 3. The average Bonchev–Trinajstić information content (AvgIpc) is 2.65. The van der Waals surface area contributed by atoms with Gasteiger partial charge in [-0.3, -0.25) is 0 Å². The highest BCUT2D eigenvalue weighted by Gasteiger charge is 2.38. The van der Waals surface area contributed by atoms with E-state index in [4.69, 9.17) is 4.74 Å². The fourth-order valence-corrected chi connectivity index (χ4v) is 3.27. The van der Waals surface area contributed by atoms with Gasteiger partial charge in [-0.15, -0.1) is 5.10 Å². The Bertz CT molecular complexity index is 834. The Kier molecular flexibility index (Phi) is 6.23. The number of piperidine rings is 1. The first kappa shape index (κ1) is 21.3. The van der Waals surface area contributed by atoms with Crippen molar-refractivity contribution in [2.24, 2.45) is 5.92 Å². The van der Waals surface area contributed by atoms with E-state index in [-0.39, 0.29) is 19.0 Å². The average molecular weight is 412 g/mol. The number of aliphatic hydroxyl groups is 2. The van der Waals surface area contributed by atoms with Crippen LogP contribution in [0.1, 0.15) is 25.1 Å². The number of anilines is 1. The van der Waals surface area contributed by atoms with Gasteiger partial charge in [0, 0.05) is 12.6 Å². The van der Waals surface area contributed by atoms with Crippen LogP contribution in [0.2, 0.25) is 0 Å². The minimum absolute atomic E-state index is 0.0981. The predicted octanol–water partition coefficient (Wildman–Crippen LogP) is 2.08. The van der Waals surface area contributed by atoms with E-state index in [1.54, 1.807) is 11.1 Å². The molecule has 10 heteroatoms. The number of nitrogens with zero attached hydrogens (tertiary/aromatic N) is 4. The number of rotatable bonds is 5. The molecule has 2 aromatic heterocycles. The van der Waals surface area contributed by atoms with E-state index in [1.165, 1.54) is 12.1 Å². The van der Waals surface area contributed by atoms with Crippen molar-refractivity contribution in [3.8, 4) is 5.88 Å². The number of hydrogen-bond acceptors (Lipinski definition) is 7. The third-order valence-corrected chi connectivity index (χ3v) is 4.58. The van der Waals surface area contributed by atoms with E-state index in [2.05, 4.69) is 29.0 Å². The SMILES string of the molecule is CC(C)Cc1ccnnc1N1C[C@H](Oc2cccc(C(F)(F)F)n2)[C@@H](O)[C@@H](O)C1. The van der Waals surface area contributed by atoms with Gasteiger partial charge in [0.1, 0.15) is 24.0 Å². The highest BCUT2D eigenvalue weighted by atomic mass is 19.4. The first-order valence-electron chi connectivity index (χ1n) is 9.27. The van der Waals surface area contributed by atoms with Crippen LogP contribution in [0.5, 0.6) is 5.88 Å². The molecule has 1 aliphatic rings. The first-order chi connectivity index (χ1) is 13.6. The van der Waals surface area contributed by atoms with Crippen LogP contribution < -0.4 is 9.64 Å². The molecule has 0 aromatic carbocycles. The molecule has 2 N–H and O–H groups in total. The van der Waals surface area contributed by atoms with Crippen molar-refractivity contribution >= 4 is 5.82 Å². The second-order valence-corrected chi connectivity index (χ2v) is 7.46. The molecular formula is C19H23F3N4O3. The fourth-order valence-electron chi connectivity index (χ4n) is 3.27. The lowest BCUT2D eigenvalue weighted by molar-refractivity contribution is -0.141. The molecule has 3 rings (SSSR count). The van der Waals surface area contributed by atoms with Gasteiger partial charge >= 0.3 is 6.18 Å². The molecular weight excluding hydrogens is 389 g/mol. The molecule has 1 fully saturated rings. The second kappa shape index (κ2) is 8.50. The standard InChI is InChI=1S/C19H23F3N4O3/c1-11(2)8-12-6-7-23-25-18(12)26-9-13(27)17(28)14(10-26)29-16-5-3-4-15(24-16)19(20,21)22/h3-7,11,13-14,17,27-28H,8-10H2,1-2H3/t13-,14-,17-/m0/s1. The highest BCUT2D eigenvalue weighted by molar-refractivity contribution is 5.47. The Morgan fingerprint density at radius 3 is 2.66 bits per heavy atom. The van der Waals surface area contributed by atoms with E-state index < -0.39 is 30.2 Å². The van der Waals surface area contributed by atoms with Crippen LogP contribution in [-0.2, 0) is 12.6 Å². The van der Waals surface area contributed by atoms with E-state index >= 15 is 0 Å². The summed E-state index contributed by atoms with van der Waals surface area (Å²) < 4.78 is 44.2. The minimum Gasteiger partial charge on any atom is -0.470 e. The monoisotopic (exact) mass is 412 g/mol. The molecule has 0 unspecified atom stereocenters. The van der Waals surface area contributed by atoms with Crippen LogP contribution in [0.4, 0.5) is 19.0 Å². The molecule has 29 heavy (non-hydrogen) atoms. The van der Waals surface area contributed by atoms with Crippen LogP contribution in [0.25, 0.3) is 0 Å². The van der Waals surface area contributed by atoms with E-state index in [9.17, 15) is 23.4 Å². The quantitative estimate of drug-likeness (QED) is 0.777. The first-order valence-corrected chi connectivity index (χ1v) is 9.27. The van der Waals surface area contributed by atoms with Crippen molar-refractivity contribution in [1.82, 2.24) is 15.2 Å². The normalized spacial score (nSPS) is 22.8. The Labute approximate surface area is 166 Å². The molecule has 3 atom stereocenters. The summed E-state index contributed by atoms with van der Waals surface area (Å²) >= 11 is 0. The molecule has 0 aliphatic carbocycles. The largest absolute Gasteiger partial charge is 0.470 e. The lowest BCUT2D eigenvalue weighted by atomic mass is 9.99. The number of aliphatic hydroxyl groups excluding tert-OH is 2. The van der Waals surface area contributed by atoms with Gasteiger partial charge in [-0.2, -0.15) is 18.3 Å². The number of pyridine rings is 1. The molecule has 1 saturated heterocycles. The van der Waals surface area contributed by atoms with Crippen LogP contribution in [0.3, 0.4) is 0 Å². The predicted molar refractivity (Wildman–Crippen MR) is 98.5 cm³/mol. The van der Waals surface area contributed by atoms with Crippen LogP contribution in [-0.4, -0.2) is 56.8 Å². The van der Waals surface area contributed by atoms with Crippen LogP contribution in [0.15, 0.2) is 30.5 Å². The summed E-state index contributed by atoms with van der Waals surface area (Å²) in [6.45, 7) is 4.33. The van der Waals surface area contributed by atoms with Gasteiger partial charge in [-0.25, -0.2) is 4.98 Å². The van der Waals surface area contributed by atoms with Crippen molar-refractivity contribution < 1.29 is 28.1 Å². The van der Waals surface area contributed by atoms with Gasteiger partial charge < -0.3 is 19.8 Å². The van der Waals surface area contributed by atoms with Crippen molar-refractivity contribution in [1.29, 1.82) is 0 Å². The van der Waals surface area contributed by atoms with Gasteiger partial charge in [-0.05, 0) is 30.0 Å². The summed E-state index contributed by atoms with van der Waals surface area (Å²) in [6.07, 6.45) is -5.75. The maximum atomic E-state index is 12.9. The molecule has 1 aliphatic heterocycles. The molecule has 0 radical (unpaired) electrons. The third-order valence-electron chi connectivity index (χ3n) is 4.58. The molecule has 0 spiro atoms. The molecule has 3 heterocycles. The fraction of sp³-hybridized carbons (Fsp3) is 0.526. The molecule has 158 valence electrons. The van der Waals surface area contributed by atoms with Crippen LogP contribution in [0, 0.1) is 5.92 Å². The second-order valence-electron chi connectivity index (χ2n) is 7.46. The van der Waals surface area contributed by atoms with Crippen molar-refractivity contribution in [2.75, 3.05) is 18.0 Å². The smallest absolute Gasteiger partial charge is 0.433 e. The van der Waals surface area contributed by atoms with Crippen molar-refractivity contribution in [3.63, 3.8) is 0 Å². The van der Waals surface area contributed by atoms with Gasteiger partial charge in [0.25, 0.3) is 0 Å². The van der Waals surface area contributed by atoms with Gasteiger partial charge in [0.2, 0.25) is 5.88 Å². The zero-order chi connectivity index (χ0) is 21.2. The number of halogens is 3. The lowest BCUT2D eigenvalue weighted by Gasteiger charge is -2.39. The number of aromatic nitrogens is 3. The molecule has 0 amide bonds. The highest BCUT2D eigenvalue weighted by Crippen LogP contribution is 2.30. The summed E-state index contributed by atoms with van der Waals surface area (Å²) in [7, 11) is 0. The molecule has 0 bridgehead atoms. The van der Waals surface area contributed by atoms with Crippen molar-refractivity contribution in [2.45, 2.75) is 44.8 Å². The third kappa shape index (κ3) is 5.13. The zero-order valence-corrected chi connectivity index (χ0v) is 16.0. The van der Waals surface area contributed by atoms with E-state index in [0.717, 1.165) is 18.1 Å².